The van der Waals surface area contributed by atoms with Crippen LogP contribution in [0.3, 0.4) is 0 Å². The topological polar surface area (TPSA) is 78.1 Å². The standard InChI is InChI=1S/C18H29N3O3.HI/c1-22-15-11-16(23-2)13-17(12-15)24-10-6-9-20-18(19)21-14-7-4-3-5-8-14;/h11-14H,3-10H2,1-2H3,(H3,19,20,21);1H. The Labute approximate surface area is 167 Å². The average molecular weight is 463 g/mol. The van der Waals surface area contributed by atoms with Gasteiger partial charge >= 0.3 is 0 Å². The molecule has 1 aromatic carbocycles. The van der Waals surface area contributed by atoms with Gasteiger partial charge in [-0.15, -0.1) is 24.0 Å². The second kappa shape index (κ2) is 12.1. The number of nitrogens with two attached hydrogens (primary N) is 1. The summed E-state index contributed by atoms with van der Waals surface area (Å²) in [5.74, 6) is 2.69. The van der Waals surface area contributed by atoms with Crippen LogP contribution in [0.5, 0.6) is 17.2 Å². The zero-order chi connectivity index (χ0) is 17.2. The van der Waals surface area contributed by atoms with E-state index in [1.807, 2.05) is 18.2 Å². The van der Waals surface area contributed by atoms with Crippen molar-refractivity contribution in [2.75, 3.05) is 27.4 Å². The second-order valence-electron chi connectivity index (χ2n) is 6.00. The van der Waals surface area contributed by atoms with E-state index in [1.54, 1.807) is 14.2 Å². The van der Waals surface area contributed by atoms with Crippen LogP contribution in [0.4, 0.5) is 0 Å². The summed E-state index contributed by atoms with van der Waals surface area (Å²) >= 11 is 0. The molecule has 1 saturated carbocycles. The first-order chi connectivity index (χ1) is 11.7. The molecule has 0 spiro atoms. The van der Waals surface area contributed by atoms with Crippen molar-refractivity contribution in [2.24, 2.45) is 10.7 Å². The van der Waals surface area contributed by atoms with E-state index in [4.69, 9.17) is 19.9 Å². The van der Waals surface area contributed by atoms with Gasteiger partial charge in [0.15, 0.2) is 5.96 Å². The van der Waals surface area contributed by atoms with E-state index >= 15 is 0 Å². The molecule has 2 rings (SSSR count). The van der Waals surface area contributed by atoms with Crippen molar-refractivity contribution < 1.29 is 14.2 Å². The first-order valence-corrected chi connectivity index (χ1v) is 8.63. The first-order valence-electron chi connectivity index (χ1n) is 8.63. The largest absolute Gasteiger partial charge is 0.496 e. The fourth-order valence-electron chi connectivity index (χ4n) is 2.82. The maximum Gasteiger partial charge on any atom is 0.188 e. The number of nitrogens with one attached hydrogen (secondary N) is 1. The molecular weight excluding hydrogens is 433 g/mol. The summed E-state index contributed by atoms with van der Waals surface area (Å²) < 4.78 is 16.2. The lowest BCUT2D eigenvalue weighted by Crippen LogP contribution is -2.41. The minimum Gasteiger partial charge on any atom is -0.496 e. The molecular formula is C18H30IN3O3. The number of benzene rings is 1. The van der Waals surface area contributed by atoms with Crippen LogP contribution >= 0.6 is 24.0 Å². The van der Waals surface area contributed by atoms with Crippen LogP contribution < -0.4 is 25.3 Å². The Kier molecular flexibility index (Phi) is 10.4. The monoisotopic (exact) mass is 463 g/mol. The van der Waals surface area contributed by atoms with Crippen molar-refractivity contribution in [3.63, 3.8) is 0 Å². The van der Waals surface area contributed by atoms with E-state index in [0.29, 0.717) is 36.7 Å². The summed E-state index contributed by atoms with van der Waals surface area (Å²) in [6.45, 7) is 1.21. The van der Waals surface area contributed by atoms with Gasteiger partial charge in [0.05, 0.1) is 20.8 Å². The molecule has 0 radical (unpaired) electrons. The van der Waals surface area contributed by atoms with Crippen molar-refractivity contribution in [2.45, 2.75) is 44.6 Å². The molecule has 0 aliphatic heterocycles. The van der Waals surface area contributed by atoms with Crippen LogP contribution in [-0.4, -0.2) is 39.4 Å². The van der Waals surface area contributed by atoms with Gasteiger partial charge < -0.3 is 25.3 Å². The Morgan fingerprint density at radius 1 is 1.08 bits per heavy atom. The van der Waals surface area contributed by atoms with E-state index in [2.05, 4.69) is 10.3 Å². The number of hydrogen-bond acceptors (Lipinski definition) is 4. The van der Waals surface area contributed by atoms with E-state index in [0.717, 1.165) is 12.2 Å². The van der Waals surface area contributed by atoms with E-state index in [-0.39, 0.29) is 24.0 Å². The Morgan fingerprint density at radius 3 is 2.28 bits per heavy atom. The molecule has 0 bridgehead atoms. The molecule has 1 aromatic rings. The fourth-order valence-corrected chi connectivity index (χ4v) is 2.82. The number of ether oxygens (including phenoxy) is 3. The predicted molar refractivity (Wildman–Crippen MR) is 112 cm³/mol. The van der Waals surface area contributed by atoms with E-state index in [9.17, 15) is 0 Å². The van der Waals surface area contributed by atoms with Gasteiger partial charge in [0.1, 0.15) is 17.2 Å². The Morgan fingerprint density at radius 2 is 1.68 bits per heavy atom. The van der Waals surface area contributed by atoms with Crippen LogP contribution in [0.15, 0.2) is 23.2 Å². The van der Waals surface area contributed by atoms with Crippen LogP contribution in [-0.2, 0) is 0 Å². The van der Waals surface area contributed by atoms with Crippen molar-refractivity contribution >= 4 is 29.9 Å². The molecule has 0 aromatic heterocycles. The Balaban J connectivity index is 0.00000312. The van der Waals surface area contributed by atoms with Crippen molar-refractivity contribution in [3.05, 3.63) is 18.2 Å². The zero-order valence-corrected chi connectivity index (χ0v) is 17.5. The third kappa shape index (κ3) is 8.02. The molecule has 0 amide bonds. The lowest BCUT2D eigenvalue weighted by atomic mass is 9.96. The summed E-state index contributed by atoms with van der Waals surface area (Å²) in [6.07, 6.45) is 7.08. The van der Waals surface area contributed by atoms with Crippen LogP contribution in [0.2, 0.25) is 0 Å². The fraction of sp³-hybridized carbons (Fsp3) is 0.611. The van der Waals surface area contributed by atoms with Gasteiger partial charge in [-0.1, -0.05) is 19.3 Å². The molecule has 6 nitrogen and oxygen atoms in total. The number of guanidine groups is 1. The molecule has 7 heteroatoms. The van der Waals surface area contributed by atoms with Crippen LogP contribution in [0.25, 0.3) is 0 Å². The minimum absolute atomic E-state index is 0. The van der Waals surface area contributed by atoms with Crippen molar-refractivity contribution in [1.29, 1.82) is 0 Å². The molecule has 0 unspecified atom stereocenters. The minimum atomic E-state index is 0. The van der Waals surface area contributed by atoms with Gasteiger partial charge in [-0.25, -0.2) is 0 Å². The van der Waals surface area contributed by atoms with Gasteiger partial charge in [0.25, 0.3) is 0 Å². The highest BCUT2D eigenvalue weighted by atomic mass is 127. The Bertz CT molecular complexity index is 512. The van der Waals surface area contributed by atoms with Crippen LogP contribution in [0.1, 0.15) is 38.5 Å². The molecule has 0 heterocycles. The van der Waals surface area contributed by atoms with Crippen LogP contribution in [0, 0.1) is 0 Å². The van der Waals surface area contributed by atoms with Gasteiger partial charge in [-0.05, 0) is 12.8 Å². The highest BCUT2D eigenvalue weighted by molar-refractivity contribution is 14.0. The van der Waals surface area contributed by atoms with Crippen molar-refractivity contribution in [3.8, 4) is 17.2 Å². The molecule has 25 heavy (non-hydrogen) atoms. The molecule has 1 aliphatic rings. The zero-order valence-electron chi connectivity index (χ0n) is 15.1. The van der Waals surface area contributed by atoms with Gasteiger partial charge in [-0.3, -0.25) is 4.99 Å². The normalized spacial score (nSPS) is 15.2. The number of nitrogens with zero attached hydrogens (tertiary/aromatic N) is 1. The number of methoxy groups -OCH3 is 2. The molecule has 3 N–H and O–H groups in total. The molecule has 1 fully saturated rings. The second-order valence-corrected chi connectivity index (χ2v) is 6.00. The predicted octanol–water partition coefficient (Wildman–Crippen LogP) is 3.33. The lowest BCUT2D eigenvalue weighted by Gasteiger charge is -2.23. The van der Waals surface area contributed by atoms with Gasteiger partial charge in [-0.2, -0.15) is 0 Å². The number of hydrogen-bond donors (Lipinski definition) is 2. The van der Waals surface area contributed by atoms with Gasteiger partial charge in [0.2, 0.25) is 0 Å². The third-order valence-electron chi connectivity index (χ3n) is 4.14. The number of halogens is 1. The third-order valence-corrected chi connectivity index (χ3v) is 4.14. The van der Waals surface area contributed by atoms with E-state index < -0.39 is 0 Å². The Hall–Kier alpha value is -1.38. The highest BCUT2D eigenvalue weighted by Crippen LogP contribution is 2.27. The quantitative estimate of drug-likeness (QED) is 0.268. The van der Waals surface area contributed by atoms with E-state index in [1.165, 1.54) is 32.1 Å². The first kappa shape index (κ1) is 21.7. The summed E-state index contributed by atoms with van der Waals surface area (Å²) in [5, 5.41) is 3.31. The summed E-state index contributed by atoms with van der Waals surface area (Å²) in [5.41, 5.74) is 5.94. The molecule has 0 saturated heterocycles. The summed E-state index contributed by atoms with van der Waals surface area (Å²) in [7, 11) is 3.24. The average Bonchev–Trinajstić information content (AvgIpc) is 2.62. The van der Waals surface area contributed by atoms with Crippen molar-refractivity contribution in [1.82, 2.24) is 5.32 Å². The maximum atomic E-state index is 5.94. The summed E-state index contributed by atoms with van der Waals surface area (Å²) in [6, 6.07) is 5.98. The lowest BCUT2D eigenvalue weighted by molar-refractivity contribution is 0.307. The smallest absolute Gasteiger partial charge is 0.188 e. The van der Waals surface area contributed by atoms with Gasteiger partial charge in [0, 0.05) is 37.2 Å². The highest BCUT2D eigenvalue weighted by Gasteiger charge is 2.13. The number of rotatable bonds is 8. The molecule has 1 aliphatic carbocycles. The SMILES string of the molecule is COc1cc(OC)cc(OCCCN=C(N)NC2CCCCC2)c1.I. The maximum absolute atomic E-state index is 5.94. The molecule has 142 valence electrons. The number of aliphatic imine (C=N–C) groups is 1. The molecule has 0 atom stereocenters. The summed E-state index contributed by atoms with van der Waals surface area (Å²) in [4.78, 5) is 4.37.